The van der Waals surface area contributed by atoms with E-state index in [0.29, 0.717) is 22.7 Å². The van der Waals surface area contributed by atoms with Gasteiger partial charge in [-0.2, -0.15) is 0 Å². The minimum atomic E-state index is -0.904. The van der Waals surface area contributed by atoms with Gasteiger partial charge in [0.25, 0.3) is 0 Å². The summed E-state index contributed by atoms with van der Waals surface area (Å²) in [5.41, 5.74) is 2.34. The number of hydrogen-bond acceptors (Lipinski definition) is 5. The van der Waals surface area contributed by atoms with Crippen molar-refractivity contribution in [2.24, 2.45) is 0 Å². The molecule has 1 N–H and O–H groups in total. The molecule has 0 radical (unpaired) electrons. The first-order valence-corrected chi connectivity index (χ1v) is 12.1. The summed E-state index contributed by atoms with van der Waals surface area (Å²) >= 11 is 7.48. The van der Waals surface area contributed by atoms with Crippen LogP contribution < -0.4 is 5.32 Å². The zero-order valence-electron chi connectivity index (χ0n) is 19.0. The molecule has 34 heavy (non-hydrogen) atoms. The summed E-state index contributed by atoms with van der Waals surface area (Å²) in [4.78, 5) is 38.8. The monoisotopic (exact) mass is 495 g/mol. The predicted molar refractivity (Wildman–Crippen MR) is 136 cm³/mol. The molecular weight excluding hydrogens is 470 g/mol. The molecule has 0 saturated heterocycles. The van der Waals surface area contributed by atoms with Gasteiger partial charge in [0, 0.05) is 38.9 Å². The summed E-state index contributed by atoms with van der Waals surface area (Å²) < 4.78 is 5.21. The summed E-state index contributed by atoms with van der Waals surface area (Å²) in [6, 6.07) is 22.3. The van der Waals surface area contributed by atoms with Gasteiger partial charge in [-0.3, -0.25) is 14.4 Å². The Balaban J connectivity index is 1.38. The molecule has 3 rings (SSSR count). The Morgan fingerprint density at radius 1 is 0.882 bits per heavy atom. The molecule has 1 unspecified atom stereocenters. The van der Waals surface area contributed by atoms with E-state index in [1.54, 1.807) is 36.0 Å². The van der Waals surface area contributed by atoms with Gasteiger partial charge in [-0.05, 0) is 80.9 Å². The molecule has 0 bridgehead atoms. The second kappa shape index (κ2) is 12.4. The first-order chi connectivity index (χ1) is 16.3. The SMILES string of the molecule is Cc1ccc(Sc2ccc(NC(=O)CCCC(=O)OC(C)C(=O)c3ccc(Cl)cc3)cc2)cc1. The van der Waals surface area contributed by atoms with Gasteiger partial charge in [0.15, 0.2) is 6.10 Å². The molecule has 176 valence electrons. The number of aryl methyl sites for hydroxylation is 1. The Labute approximate surface area is 208 Å². The molecule has 0 spiro atoms. The zero-order chi connectivity index (χ0) is 24.5. The molecule has 7 heteroatoms. The minimum Gasteiger partial charge on any atom is -0.454 e. The number of ketones is 1. The fourth-order valence-electron chi connectivity index (χ4n) is 3.12. The number of ether oxygens (including phenoxy) is 1. The van der Waals surface area contributed by atoms with Gasteiger partial charge in [0.1, 0.15) is 0 Å². The molecular formula is C27H26ClNO4S. The van der Waals surface area contributed by atoms with E-state index in [9.17, 15) is 14.4 Å². The van der Waals surface area contributed by atoms with E-state index >= 15 is 0 Å². The van der Waals surface area contributed by atoms with Crippen molar-refractivity contribution in [2.75, 3.05) is 5.32 Å². The Hall–Kier alpha value is -3.09. The van der Waals surface area contributed by atoms with Gasteiger partial charge >= 0.3 is 5.97 Å². The number of anilines is 1. The zero-order valence-corrected chi connectivity index (χ0v) is 20.6. The van der Waals surface area contributed by atoms with Crippen LogP contribution in [-0.4, -0.2) is 23.8 Å². The molecule has 0 aromatic heterocycles. The van der Waals surface area contributed by atoms with E-state index in [4.69, 9.17) is 16.3 Å². The molecule has 5 nitrogen and oxygen atoms in total. The quantitative estimate of drug-likeness (QED) is 0.249. The van der Waals surface area contributed by atoms with Crippen LogP contribution in [0.5, 0.6) is 0 Å². The molecule has 1 atom stereocenters. The van der Waals surface area contributed by atoms with Gasteiger partial charge < -0.3 is 10.1 Å². The highest BCUT2D eigenvalue weighted by atomic mass is 35.5. The normalized spacial score (nSPS) is 11.5. The summed E-state index contributed by atoms with van der Waals surface area (Å²) in [6.07, 6.45) is -0.348. The maximum absolute atomic E-state index is 12.3. The maximum atomic E-state index is 12.3. The van der Waals surface area contributed by atoms with E-state index in [1.165, 1.54) is 12.5 Å². The number of halogens is 1. The molecule has 0 heterocycles. The second-order valence-electron chi connectivity index (χ2n) is 7.84. The first-order valence-electron chi connectivity index (χ1n) is 10.9. The van der Waals surface area contributed by atoms with Crippen molar-refractivity contribution in [3.63, 3.8) is 0 Å². The molecule has 0 saturated carbocycles. The standard InChI is InChI=1S/C27H26ClNO4S/c1-18-6-14-23(15-7-18)34-24-16-12-22(13-17-24)29-25(30)4-3-5-26(31)33-19(2)27(32)20-8-10-21(28)11-9-20/h6-17,19H,3-5H2,1-2H3,(H,29,30). The molecule has 0 aliphatic rings. The van der Waals surface area contributed by atoms with Crippen LogP contribution in [0.15, 0.2) is 82.6 Å². The number of Topliss-reactive ketones (excluding diaryl/α,β-unsaturated/α-hetero) is 1. The number of hydrogen-bond donors (Lipinski definition) is 1. The van der Waals surface area contributed by atoms with E-state index in [1.807, 2.05) is 24.3 Å². The lowest BCUT2D eigenvalue weighted by Gasteiger charge is -2.12. The van der Waals surface area contributed by atoms with Crippen LogP contribution in [0.25, 0.3) is 0 Å². The third-order valence-electron chi connectivity index (χ3n) is 4.99. The molecule has 0 aliphatic carbocycles. The molecule has 3 aromatic rings. The third kappa shape index (κ3) is 8.04. The number of esters is 1. The summed E-state index contributed by atoms with van der Waals surface area (Å²) in [6.45, 7) is 3.58. The van der Waals surface area contributed by atoms with Crippen LogP contribution in [0.1, 0.15) is 42.1 Å². The summed E-state index contributed by atoms with van der Waals surface area (Å²) in [7, 11) is 0. The molecule has 0 fully saturated rings. The number of carbonyl (C=O) groups excluding carboxylic acids is 3. The highest BCUT2D eigenvalue weighted by molar-refractivity contribution is 7.99. The summed E-state index contributed by atoms with van der Waals surface area (Å²) in [5, 5.41) is 3.36. The second-order valence-corrected chi connectivity index (χ2v) is 9.43. The van der Waals surface area contributed by atoms with Gasteiger partial charge in [-0.1, -0.05) is 41.1 Å². The van der Waals surface area contributed by atoms with Crippen molar-refractivity contribution in [3.05, 3.63) is 88.9 Å². The van der Waals surface area contributed by atoms with Crippen molar-refractivity contribution in [1.29, 1.82) is 0 Å². The topological polar surface area (TPSA) is 72.5 Å². The lowest BCUT2D eigenvalue weighted by Crippen LogP contribution is -2.24. The van der Waals surface area contributed by atoms with Crippen LogP contribution in [0.3, 0.4) is 0 Å². The van der Waals surface area contributed by atoms with Crippen LogP contribution in [-0.2, 0) is 14.3 Å². The van der Waals surface area contributed by atoms with E-state index in [-0.39, 0.29) is 24.5 Å². The van der Waals surface area contributed by atoms with Gasteiger partial charge in [-0.15, -0.1) is 0 Å². The van der Waals surface area contributed by atoms with E-state index in [0.717, 1.165) is 9.79 Å². The number of amides is 1. The van der Waals surface area contributed by atoms with Crippen molar-refractivity contribution in [3.8, 4) is 0 Å². The van der Waals surface area contributed by atoms with Crippen molar-refractivity contribution >= 4 is 46.7 Å². The fourth-order valence-corrected chi connectivity index (χ4v) is 4.07. The lowest BCUT2D eigenvalue weighted by atomic mass is 10.1. The van der Waals surface area contributed by atoms with Crippen molar-refractivity contribution in [1.82, 2.24) is 0 Å². The Morgan fingerprint density at radius 2 is 1.47 bits per heavy atom. The Morgan fingerprint density at radius 3 is 2.09 bits per heavy atom. The first kappa shape index (κ1) is 25.5. The fraction of sp³-hybridized carbons (Fsp3) is 0.222. The Kier molecular flexibility index (Phi) is 9.31. The molecule has 3 aromatic carbocycles. The maximum Gasteiger partial charge on any atom is 0.306 e. The van der Waals surface area contributed by atoms with Crippen LogP contribution in [0.4, 0.5) is 5.69 Å². The van der Waals surface area contributed by atoms with Gasteiger partial charge in [0.05, 0.1) is 0 Å². The molecule has 0 aliphatic heterocycles. The van der Waals surface area contributed by atoms with Crippen LogP contribution >= 0.6 is 23.4 Å². The highest BCUT2D eigenvalue weighted by Gasteiger charge is 2.19. The Bertz CT molecular complexity index is 1130. The van der Waals surface area contributed by atoms with Gasteiger partial charge in [0.2, 0.25) is 11.7 Å². The van der Waals surface area contributed by atoms with Crippen LogP contribution in [0.2, 0.25) is 5.02 Å². The third-order valence-corrected chi connectivity index (χ3v) is 6.25. The number of benzene rings is 3. The minimum absolute atomic E-state index is 0.0534. The van der Waals surface area contributed by atoms with E-state index in [2.05, 4.69) is 36.5 Å². The summed E-state index contributed by atoms with van der Waals surface area (Å²) in [5.74, 6) is -0.996. The lowest BCUT2D eigenvalue weighted by molar-refractivity contribution is -0.146. The number of nitrogens with one attached hydrogen (secondary N) is 1. The van der Waals surface area contributed by atoms with Gasteiger partial charge in [-0.25, -0.2) is 0 Å². The average Bonchev–Trinajstić information content (AvgIpc) is 2.82. The average molecular weight is 496 g/mol. The number of rotatable bonds is 10. The highest BCUT2D eigenvalue weighted by Crippen LogP contribution is 2.28. The molecule has 1 amide bonds. The predicted octanol–water partition coefficient (Wildman–Crippen LogP) is 6.72. The largest absolute Gasteiger partial charge is 0.454 e. The smallest absolute Gasteiger partial charge is 0.306 e. The van der Waals surface area contributed by atoms with Crippen LogP contribution in [0, 0.1) is 6.92 Å². The van der Waals surface area contributed by atoms with E-state index < -0.39 is 12.1 Å². The van der Waals surface area contributed by atoms with Crippen molar-refractivity contribution < 1.29 is 19.1 Å². The number of carbonyl (C=O) groups is 3. The van der Waals surface area contributed by atoms with Crippen molar-refractivity contribution in [2.45, 2.75) is 49.0 Å².